The first-order valence-corrected chi connectivity index (χ1v) is 12.3. The smallest absolute Gasteiger partial charge is 0.274 e. The van der Waals surface area contributed by atoms with Gasteiger partial charge in [0, 0.05) is 35.9 Å². The summed E-state index contributed by atoms with van der Waals surface area (Å²) in [5.41, 5.74) is 3.04. The predicted molar refractivity (Wildman–Crippen MR) is 129 cm³/mol. The van der Waals surface area contributed by atoms with Crippen LogP contribution in [0.25, 0.3) is 11.1 Å². The number of rotatable bonds is 8. The molecule has 36 heavy (non-hydrogen) atoms. The lowest BCUT2D eigenvalue weighted by Crippen LogP contribution is -2.21. The zero-order chi connectivity index (χ0) is 25.7. The molecular formula is C23H20FN7O4S. The van der Waals surface area contributed by atoms with E-state index in [0.717, 1.165) is 12.3 Å². The second-order valence-corrected chi connectivity index (χ2v) is 9.35. The van der Waals surface area contributed by atoms with Crippen LogP contribution in [0.5, 0.6) is 0 Å². The zero-order valence-electron chi connectivity index (χ0n) is 18.8. The standard InChI is InChI=1S/C23H20FN7O4S/c1-36(34,35)30-20-11-15(4-6-26-20)16-5-7-27-21(12-16)31(22-13-25-8-9-28-22)14-18-3-2-17(10-19(18)24)23(32)29-33/h2-13,33H,14H2,1H3,(H,26,30)(H,29,32). The average Bonchev–Trinajstić information content (AvgIpc) is 2.87. The molecule has 0 unspecified atom stereocenters. The number of carbonyl (C=O) groups excluding carboxylic acids is 1. The summed E-state index contributed by atoms with van der Waals surface area (Å²) >= 11 is 0. The van der Waals surface area contributed by atoms with Crippen LogP contribution in [0.4, 0.5) is 21.8 Å². The van der Waals surface area contributed by atoms with E-state index >= 15 is 0 Å². The molecule has 4 aromatic rings. The summed E-state index contributed by atoms with van der Waals surface area (Å²) in [7, 11) is -3.51. The summed E-state index contributed by atoms with van der Waals surface area (Å²) in [5.74, 6) is -0.519. The molecule has 13 heteroatoms. The molecule has 0 spiro atoms. The van der Waals surface area contributed by atoms with Gasteiger partial charge in [0.1, 0.15) is 17.5 Å². The van der Waals surface area contributed by atoms with Crippen molar-refractivity contribution in [3.63, 3.8) is 0 Å². The number of hydrogen-bond donors (Lipinski definition) is 3. The number of halogens is 1. The number of hydroxylamine groups is 1. The molecule has 0 radical (unpaired) electrons. The van der Waals surface area contributed by atoms with Gasteiger partial charge in [0.25, 0.3) is 5.91 Å². The highest BCUT2D eigenvalue weighted by molar-refractivity contribution is 7.92. The monoisotopic (exact) mass is 509 g/mol. The Morgan fingerprint density at radius 2 is 1.69 bits per heavy atom. The molecule has 3 N–H and O–H groups in total. The first-order chi connectivity index (χ1) is 17.2. The summed E-state index contributed by atoms with van der Waals surface area (Å²) in [6.07, 6.45) is 8.56. The van der Waals surface area contributed by atoms with E-state index in [1.165, 1.54) is 42.4 Å². The topological polar surface area (TPSA) is 150 Å². The van der Waals surface area contributed by atoms with Gasteiger partial charge in [-0.05, 0) is 47.5 Å². The van der Waals surface area contributed by atoms with Crippen LogP contribution in [0.2, 0.25) is 0 Å². The lowest BCUT2D eigenvalue weighted by Gasteiger charge is -2.23. The van der Waals surface area contributed by atoms with Gasteiger partial charge >= 0.3 is 0 Å². The van der Waals surface area contributed by atoms with Gasteiger partial charge in [-0.25, -0.2) is 33.2 Å². The predicted octanol–water partition coefficient (Wildman–Crippen LogP) is 2.90. The van der Waals surface area contributed by atoms with Crippen molar-refractivity contribution in [3.8, 4) is 11.1 Å². The maximum atomic E-state index is 14.9. The van der Waals surface area contributed by atoms with Crippen molar-refractivity contribution >= 4 is 33.4 Å². The van der Waals surface area contributed by atoms with Crippen molar-refractivity contribution in [3.05, 3.63) is 90.4 Å². The second kappa shape index (κ2) is 10.4. The number of anilines is 3. The first kappa shape index (κ1) is 24.6. The van der Waals surface area contributed by atoms with Crippen LogP contribution >= 0.6 is 0 Å². The summed E-state index contributed by atoms with van der Waals surface area (Å²) in [5, 5.41) is 8.79. The van der Waals surface area contributed by atoms with Crippen molar-refractivity contribution in [1.82, 2.24) is 25.4 Å². The summed E-state index contributed by atoms with van der Waals surface area (Å²) < 4.78 is 40.4. The molecule has 0 fully saturated rings. The third-order valence-electron chi connectivity index (χ3n) is 4.98. The highest BCUT2D eigenvalue weighted by atomic mass is 32.2. The number of carbonyl (C=O) groups is 1. The molecule has 11 nitrogen and oxygen atoms in total. The van der Waals surface area contributed by atoms with Gasteiger partial charge in [-0.15, -0.1) is 0 Å². The number of nitrogens with zero attached hydrogens (tertiary/aromatic N) is 5. The summed E-state index contributed by atoms with van der Waals surface area (Å²) in [6.45, 7) is -0.000761. The molecule has 0 atom stereocenters. The molecule has 0 aliphatic rings. The fourth-order valence-electron chi connectivity index (χ4n) is 3.36. The van der Waals surface area contributed by atoms with Crippen molar-refractivity contribution in [2.24, 2.45) is 0 Å². The molecule has 1 amide bonds. The van der Waals surface area contributed by atoms with Crippen molar-refractivity contribution < 1.29 is 22.8 Å². The number of pyridine rings is 2. The zero-order valence-corrected chi connectivity index (χ0v) is 19.6. The van der Waals surface area contributed by atoms with Gasteiger partial charge in [0.15, 0.2) is 5.82 Å². The number of benzene rings is 1. The minimum Gasteiger partial charge on any atom is -0.305 e. The Hall–Kier alpha value is -4.49. The quantitative estimate of drug-likeness (QED) is 0.241. The Morgan fingerprint density at radius 3 is 2.36 bits per heavy atom. The fraction of sp³-hybridized carbons (Fsp3) is 0.0870. The van der Waals surface area contributed by atoms with E-state index in [2.05, 4.69) is 24.7 Å². The largest absolute Gasteiger partial charge is 0.305 e. The number of sulfonamides is 1. The molecule has 0 saturated heterocycles. The summed E-state index contributed by atoms with van der Waals surface area (Å²) in [4.78, 5) is 30.1. The van der Waals surface area contributed by atoms with Crippen LogP contribution in [0.1, 0.15) is 15.9 Å². The summed E-state index contributed by atoms with van der Waals surface area (Å²) in [6, 6.07) is 10.6. The van der Waals surface area contributed by atoms with Crippen molar-refractivity contribution in [1.29, 1.82) is 0 Å². The number of hydrogen-bond acceptors (Lipinski definition) is 9. The maximum Gasteiger partial charge on any atom is 0.274 e. The normalized spacial score (nSPS) is 11.1. The third kappa shape index (κ3) is 5.95. The van der Waals surface area contributed by atoms with E-state index in [9.17, 15) is 17.6 Å². The van der Waals surface area contributed by atoms with Crippen LogP contribution in [0.3, 0.4) is 0 Å². The number of nitrogens with one attached hydrogen (secondary N) is 2. The Kier molecular flexibility index (Phi) is 7.12. The van der Waals surface area contributed by atoms with E-state index in [0.29, 0.717) is 22.8 Å². The second-order valence-electron chi connectivity index (χ2n) is 7.60. The van der Waals surface area contributed by atoms with E-state index in [4.69, 9.17) is 5.21 Å². The molecular weight excluding hydrogens is 489 g/mol. The molecule has 0 aliphatic heterocycles. The molecule has 0 aliphatic carbocycles. The first-order valence-electron chi connectivity index (χ1n) is 10.4. The van der Waals surface area contributed by atoms with Crippen LogP contribution in [0.15, 0.2) is 73.4 Å². The minimum absolute atomic E-state index is 0.000761. The van der Waals surface area contributed by atoms with Gasteiger partial charge in [0.05, 0.1) is 19.0 Å². The van der Waals surface area contributed by atoms with Gasteiger partial charge in [0.2, 0.25) is 10.0 Å². The van der Waals surface area contributed by atoms with Gasteiger partial charge in [-0.1, -0.05) is 6.07 Å². The lowest BCUT2D eigenvalue weighted by atomic mass is 10.1. The van der Waals surface area contributed by atoms with Crippen LogP contribution in [-0.2, 0) is 16.6 Å². The third-order valence-corrected chi connectivity index (χ3v) is 5.56. The van der Waals surface area contributed by atoms with Gasteiger partial charge in [-0.2, -0.15) is 0 Å². The molecule has 1 aromatic carbocycles. The maximum absolute atomic E-state index is 14.9. The molecule has 4 rings (SSSR count). The van der Waals surface area contributed by atoms with E-state index in [-0.39, 0.29) is 23.5 Å². The Labute approximate surface area is 205 Å². The Balaban J connectivity index is 1.72. The number of aromatic nitrogens is 4. The van der Waals surface area contributed by atoms with Gasteiger partial charge < -0.3 is 4.90 Å². The average molecular weight is 510 g/mol. The van der Waals surface area contributed by atoms with Crippen LogP contribution in [-0.4, -0.2) is 45.7 Å². The highest BCUT2D eigenvalue weighted by Gasteiger charge is 2.18. The van der Waals surface area contributed by atoms with Gasteiger partial charge in [-0.3, -0.25) is 19.7 Å². The van der Waals surface area contributed by atoms with Crippen molar-refractivity contribution in [2.45, 2.75) is 6.54 Å². The number of amides is 1. The SMILES string of the molecule is CS(=O)(=O)Nc1cc(-c2ccnc(N(Cc3ccc(C(=O)NO)cc3F)c3cnccn3)c2)ccn1. The Morgan fingerprint density at radius 1 is 0.972 bits per heavy atom. The molecule has 3 aromatic heterocycles. The van der Waals surface area contributed by atoms with Crippen molar-refractivity contribution in [2.75, 3.05) is 15.9 Å². The lowest BCUT2D eigenvalue weighted by molar-refractivity contribution is 0.0706. The van der Waals surface area contributed by atoms with E-state index in [1.54, 1.807) is 35.4 Å². The van der Waals surface area contributed by atoms with E-state index in [1.807, 2.05) is 0 Å². The molecule has 3 heterocycles. The molecule has 0 saturated carbocycles. The van der Waals surface area contributed by atoms with Crippen LogP contribution < -0.4 is 15.1 Å². The minimum atomic E-state index is -3.51. The van der Waals surface area contributed by atoms with E-state index < -0.39 is 21.7 Å². The Bertz CT molecular complexity index is 1500. The molecule has 0 bridgehead atoms. The van der Waals surface area contributed by atoms with Crippen LogP contribution in [0, 0.1) is 5.82 Å². The highest BCUT2D eigenvalue weighted by Crippen LogP contribution is 2.29. The molecule has 184 valence electrons. The fourth-order valence-corrected chi connectivity index (χ4v) is 3.85.